The number of nitrogens with zero attached hydrogens (tertiary/aromatic N) is 1. The number of carbonyl (C=O) groups is 3. The second-order valence-corrected chi connectivity index (χ2v) is 6.88. The maximum Gasteiger partial charge on any atom is 0.274 e. The van der Waals surface area contributed by atoms with E-state index >= 15 is 0 Å². The zero-order valence-electron chi connectivity index (χ0n) is 16.0. The second kappa shape index (κ2) is 8.31. The van der Waals surface area contributed by atoms with Crippen LogP contribution in [0.15, 0.2) is 60.8 Å². The van der Waals surface area contributed by atoms with Gasteiger partial charge in [0, 0.05) is 18.3 Å². The Kier molecular flexibility index (Phi) is 5.40. The van der Waals surface area contributed by atoms with Crippen molar-refractivity contribution in [3.8, 4) is 0 Å². The number of fused-ring (bicyclic) bond motifs is 1. The van der Waals surface area contributed by atoms with Crippen molar-refractivity contribution in [2.75, 3.05) is 16.0 Å². The van der Waals surface area contributed by atoms with Gasteiger partial charge in [0.1, 0.15) is 17.3 Å². The Balaban J connectivity index is 1.60. The van der Waals surface area contributed by atoms with Gasteiger partial charge in [-0.1, -0.05) is 12.1 Å². The summed E-state index contributed by atoms with van der Waals surface area (Å²) in [6.07, 6.45) is 1.30. The maximum atomic E-state index is 13.9. The van der Waals surface area contributed by atoms with Gasteiger partial charge in [-0.05, 0) is 48.0 Å². The number of hydrogen-bond donors (Lipinski definition) is 3. The number of benzene rings is 2. The van der Waals surface area contributed by atoms with Crippen molar-refractivity contribution in [2.24, 2.45) is 0 Å². The molecule has 0 spiro atoms. The van der Waals surface area contributed by atoms with Gasteiger partial charge in [0.2, 0.25) is 11.8 Å². The van der Waals surface area contributed by atoms with Crippen LogP contribution >= 0.6 is 0 Å². The molecular formula is C22H16F2N4O3. The first-order valence-corrected chi connectivity index (χ1v) is 9.33. The quantitative estimate of drug-likeness (QED) is 0.597. The zero-order valence-corrected chi connectivity index (χ0v) is 16.0. The lowest BCUT2D eigenvalue weighted by atomic mass is 9.89. The topological polar surface area (TPSA) is 100 Å². The minimum absolute atomic E-state index is 0.0175. The molecule has 0 radical (unpaired) electrons. The van der Waals surface area contributed by atoms with Crippen LogP contribution in [-0.4, -0.2) is 22.7 Å². The number of halogens is 2. The Morgan fingerprint density at radius 2 is 1.74 bits per heavy atom. The molecule has 0 bridgehead atoms. The van der Waals surface area contributed by atoms with Gasteiger partial charge in [0.25, 0.3) is 5.91 Å². The molecule has 2 heterocycles. The molecular weight excluding hydrogens is 406 g/mol. The first-order chi connectivity index (χ1) is 14.9. The van der Waals surface area contributed by atoms with Gasteiger partial charge in [-0.3, -0.25) is 19.4 Å². The largest absolute Gasteiger partial charge is 0.326 e. The monoisotopic (exact) mass is 422 g/mol. The van der Waals surface area contributed by atoms with E-state index in [2.05, 4.69) is 20.9 Å². The minimum atomic E-state index is -0.910. The molecule has 4 rings (SSSR count). The van der Waals surface area contributed by atoms with E-state index in [1.807, 2.05) is 0 Å². The Morgan fingerprint density at radius 3 is 2.52 bits per heavy atom. The molecule has 156 valence electrons. The van der Waals surface area contributed by atoms with Crippen molar-refractivity contribution in [1.82, 2.24) is 4.98 Å². The smallest absolute Gasteiger partial charge is 0.274 e. The molecule has 3 N–H and O–H groups in total. The summed E-state index contributed by atoms with van der Waals surface area (Å²) in [6, 6.07) is 12.1. The third-order valence-electron chi connectivity index (χ3n) is 4.76. The molecule has 0 saturated heterocycles. The molecule has 3 aromatic rings. The minimum Gasteiger partial charge on any atom is -0.326 e. The van der Waals surface area contributed by atoms with Crippen LogP contribution in [0.25, 0.3) is 0 Å². The first kappa shape index (κ1) is 20.1. The predicted molar refractivity (Wildman–Crippen MR) is 110 cm³/mol. The summed E-state index contributed by atoms with van der Waals surface area (Å²) >= 11 is 0. The first-order valence-electron chi connectivity index (χ1n) is 9.33. The number of rotatable bonds is 4. The second-order valence-electron chi connectivity index (χ2n) is 6.88. The highest BCUT2D eigenvalue weighted by molar-refractivity contribution is 6.09. The lowest BCUT2D eigenvalue weighted by Gasteiger charge is -2.25. The summed E-state index contributed by atoms with van der Waals surface area (Å²) in [6.45, 7) is 0. The zero-order chi connectivity index (χ0) is 22.0. The summed E-state index contributed by atoms with van der Waals surface area (Å²) in [5, 5.41) is 7.68. The summed E-state index contributed by atoms with van der Waals surface area (Å²) in [4.78, 5) is 41.3. The van der Waals surface area contributed by atoms with Gasteiger partial charge in [-0.15, -0.1) is 0 Å². The van der Waals surface area contributed by atoms with E-state index in [-0.39, 0.29) is 29.2 Å². The van der Waals surface area contributed by atoms with Crippen molar-refractivity contribution >= 4 is 34.8 Å². The Bertz CT molecular complexity index is 1180. The lowest BCUT2D eigenvalue weighted by Crippen LogP contribution is -2.31. The number of nitrogens with one attached hydrogen (secondary N) is 3. The van der Waals surface area contributed by atoms with Crippen LogP contribution < -0.4 is 16.0 Å². The summed E-state index contributed by atoms with van der Waals surface area (Å²) in [5.74, 6) is -3.67. The van der Waals surface area contributed by atoms with Gasteiger partial charge in [-0.2, -0.15) is 0 Å². The molecule has 31 heavy (non-hydrogen) atoms. The Labute approximate surface area is 175 Å². The fraction of sp³-hybridized carbons (Fsp3) is 0.0909. The van der Waals surface area contributed by atoms with E-state index in [9.17, 15) is 23.2 Å². The maximum absolute atomic E-state index is 13.9. The number of carbonyl (C=O) groups excluding carboxylic acids is 3. The third kappa shape index (κ3) is 4.40. The highest BCUT2D eigenvalue weighted by Crippen LogP contribution is 2.34. The third-order valence-corrected chi connectivity index (χ3v) is 4.76. The molecule has 1 aliphatic rings. The average Bonchev–Trinajstić information content (AvgIpc) is 2.75. The van der Waals surface area contributed by atoms with E-state index in [0.717, 1.165) is 18.2 Å². The molecule has 1 aliphatic heterocycles. The van der Waals surface area contributed by atoms with E-state index in [4.69, 9.17) is 0 Å². The van der Waals surface area contributed by atoms with Crippen LogP contribution in [0, 0.1) is 11.6 Å². The van der Waals surface area contributed by atoms with Crippen LogP contribution in [0.3, 0.4) is 0 Å². The Hall–Kier alpha value is -4.14. The van der Waals surface area contributed by atoms with Crippen LogP contribution in [0.2, 0.25) is 0 Å². The van der Waals surface area contributed by atoms with Gasteiger partial charge >= 0.3 is 0 Å². The SMILES string of the molecule is O=C1CC(C(=O)Nc2cc(F)ccc2NC(=O)c2ccccn2)c2ccc(F)cc2N1. The van der Waals surface area contributed by atoms with Crippen molar-refractivity contribution in [1.29, 1.82) is 0 Å². The fourth-order valence-corrected chi connectivity index (χ4v) is 3.30. The summed E-state index contributed by atoms with van der Waals surface area (Å²) in [5.41, 5.74) is 0.964. The van der Waals surface area contributed by atoms with E-state index in [0.29, 0.717) is 5.56 Å². The van der Waals surface area contributed by atoms with Crippen molar-refractivity contribution in [3.63, 3.8) is 0 Å². The van der Waals surface area contributed by atoms with Crippen LogP contribution in [0.4, 0.5) is 25.8 Å². The number of anilines is 3. The number of amides is 3. The average molecular weight is 422 g/mol. The van der Waals surface area contributed by atoms with Gasteiger partial charge in [0.05, 0.1) is 17.3 Å². The molecule has 3 amide bonds. The molecule has 0 saturated carbocycles. The fourth-order valence-electron chi connectivity index (χ4n) is 3.30. The van der Waals surface area contributed by atoms with Gasteiger partial charge in [-0.25, -0.2) is 8.78 Å². The van der Waals surface area contributed by atoms with Crippen LogP contribution in [0.5, 0.6) is 0 Å². The van der Waals surface area contributed by atoms with Crippen molar-refractivity contribution in [2.45, 2.75) is 12.3 Å². The molecule has 1 unspecified atom stereocenters. The number of pyridine rings is 1. The highest BCUT2D eigenvalue weighted by atomic mass is 19.1. The normalized spacial score (nSPS) is 14.9. The number of aromatic nitrogens is 1. The summed E-state index contributed by atoms with van der Waals surface area (Å²) < 4.78 is 27.4. The lowest BCUT2D eigenvalue weighted by molar-refractivity contribution is -0.123. The van der Waals surface area contributed by atoms with Gasteiger partial charge in [0.15, 0.2) is 0 Å². The molecule has 1 aromatic heterocycles. The molecule has 9 heteroatoms. The van der Waals surface area contributed by atoms with E-state index in [1.54, 1.807) is 12.1 Å². The van der Waals surface area contributed by atoms with Crippen LogP contribution in [-0.2, 0) is 9.59 Å². The highest BCUT2D eigenvalue weighted by Gasteiger charge is 2.31. The summed E-state index contributed by atoms with van der Waals surface area (Å²) in [7, 11) is 0. The molecule has 1 atom stereocenters. The van der Waals surface area contributed by atoms with Crippen LogP contribution in [0.1, 0.15) is 28.4 Å². The standard InChI is InChI=1S/C22H16F2N4O3/c23-12-4-6-14-15(11-20(29)26-18(14)9-12)21(30)28-19-10-13(24)5-7-16(19)27-22(31)17-3-1-2-8-25-17/h1-10,15H,11H2,(H,26,29)(H,27,31)(H,28,30). The number of hydrogen-bond acceptors (Lipinski definition) is 4. The molecule has 0 fully saturated rings. The van der Waals surface area contributed by atoms with E-state index in [1.165, 1.54) is 30.5 Å². The molecule has 7 nitrogen and oxygen atoms in total. The Morgan fingerprint density at radius 1 is 0.968 bits per heavy atom. The van der Waals surface area contributed by atoms with E-state index < -0.39 is 35.3 Å². The van der Waals surface area contributed by atoms with Crippen molar-refractivity contribution in [3.05, 3.63) is 83.7 Å². The molecule has 2 aromatic carbocycles. The predicted octanol–water partition coefficient (Wildman–Crippen LogP) is 3.68. The molecule has 0 aliphatic carbocycles. The van der Waals surface area contributed by atoms with Gasteiger partial charge < -0.3 is 16.0 Å². The van der Waals surface area contributed by atoms with Crippen molar-refractivity contribution < 1.29 is 23.2 Å².